The first-order valence-electron chi connectivity index (χ1n) is 5.05. The third-order valence-electron chi connectivity index (χ3n) is 3.44. The Morgan fingerprint density at radius 3 is 2.33 bits per heavy atom. The fraction of sp³-hybridized carbons (Fsp3) is 0.909. The van der Waals surface area contributed by atoms with Crippen molar-refractivity contribution in [2.24, 2.45) is 23.7 Å². The minimum Gasteiger partial charge on any atom is -0.299 e. The van der Waals surface area contributed by atoms with Crippen molar-refractivity contribution in [2.45, 2.75) is 40.5 Å². The van der Waals surface area contributed by atoms with Crippen LogP contribution >= 0.6 is 0 Å². The van der Waals surface area contributed by atoms with Gasteiger partial charge in [-0.3, -0.25) is 4.79 Å². The summed E-state index contributed by atoms with van der Waals surface area (Å²) in [6.07, 6.45) is 2.06. The van der Waals surface area contributed by atoms with Crippen molar-refractivity contribution in [2.75, 3.05) is 0 Å². The molecule has 0 aromatic rings. The first kappa shape index (κ1) is 9.76. The van der Waals surface area contributed by atoms with Gasteiger partial charge >= 0.3 is 0 Å². The molecule has 0 radical (unpaired) electrons. The van der Waals surface area contributed by atoms with E-state index in [4.69, 9.17) is 0 Å². The molecule has 1 aliphatic carbocycles. The Morgan fingerprint density at radius 1 is 1.33 bits per heavy atom. The van der Waals surface area contributed by atoms with Crippen LogP contribution < -0.4 is 0 Å². The van der Waals surface area contributed by atoms with Gasteiger partial charge in [-0.25, -0.2) is 0 Å². The second-order valence-corrected chi connectivity index (χ2v) is 4.68. The van der Waals surface area contributed by atoms with Crippen LogP contribution in [0.1, 0.15) is 40.5 Å². The van der Waals surface area contributed by atoms with Crippen molar-refractivity contribution in [3.63, 3.8) is 0 Å². The summed E-state index contributed by atoms with van der Waals surface area (Å²) in [5.41, 5.74) is 0. The minimum atomic E-state index is 0.306. The molecule has 0 N–H and O–H groups in total. The van der Waals surface area contributed by atoms with E-state index in [1.807, 2.05) is 0 Å². The molecule has 0 spiro atoms. The molecule has 12 heavy (non-hydrogen) atoms. The van der Waals surface area contributed by atoms with Crippen LogP contribution in [0.3, 0.4) is 0 Å². The summed E-state index contributed by atoms with van der Waals surface area (Å²) in [6, 6.07) is 0. The highest BCUT2D eigenvalue weighted by atomic mass is 16.1. The number of ketones is 1. The molecular formula is C11H20O. The Bertz CT molecular complexity index is 172. The van der Waals surface area contributed by atoms with Gasteiger partial charge in [-0.2, -0.15) is 0 Å². The van der Waals surface area contributed by atoms with Crippen LogP contribution in [0.15, 0.2) is 0 Å². The molecule has 0 amide bonds. The van der Waals surface area contributed by atoms with E-state index in [0.29, 0.717) is 29.5 Å². The van der Waals surface area contributed by atoms with Crippen LogP contribution in [0.4, 0.5) is 0 Å². The smallest absolute Gasteiger partial charge is 0.136 e. The predicted octanol–water partition coefficient (Wildman–Crippen LogP) is 2.89. The number of carbonyl (C=O) groups is 1. The molecule has 2 unspecified atom stereocenters. The summed E-state index contributed by atoms with van der Waals surface area (Å²) in [5, 5.41) is 0. The average Bonchev–Trinajstić information content (AvgIpc) is 1.99. The molecule has 1 aliphatic rings. The molecule has 1 nitrogen and oxygen atoms in total. The van der Waals surface area contributed by atoms with Gasteiger partial charge in [0.2, 0.25) is 0 Å². The van der Waals surface area contributed by atoms with Crippen molar-refractivity contribution in [1.29, 1.82) is 0 Å². The highest BCUT2D eigenvalue weighted by Crippen LogP contribution is 2.34. The van der Waals surface area contributed by atoms with Crippen LogP contribution in [0.2, 0.25) is 0 Å². The summed E-state index contributed by atoms with van der Waals surface area (Å²) in [6.45, 7) is 8.72. The van der Waals surface area contributed by atoms with Crippen molar-refractivity contribution in [3.05, 3.63) is 0 Å². The number of Topliss-reactive ketones (excluding diaryl/α,β-unsaturated/α-hetero) is 1. The van der Waals surface area contributed by atoms with E-state index in [1.54, 1.807) is 0 Å². The Hall–Kier alpha value is -0.330. The largest absolute Gasteiger partial charge is 0.299 e. The molecule has 1 saturated carbocycles. The minimum absolute atomic E-state index is 0.306. The maximum atomic E-state index is 11.5. The number of hydrogen-bond donors (Lipinski definition) is 0. The van der Waals surface area contributed by atoms with Gasteiger partial charge < -0.3 is 0 Å². The van der Waals surface area contributed by atoms with E-state index < -0.39 is 0 Å². The summed E-state index contributed by atoms with van der Waals surface area (Å²) >= 11 is 0. The van der Waals surface area contributed by atoms with Crippen molar-refractivity contribution in [3.8, 4) is 0 Å². The number of carbonyl (C=O) groups excluding carboxylic acids is 1. The number of rotatable bonds is 1. The maximum absolute atomic E-state index is 11.5. The Morgan fingerprint density at radius 2 is 1.92 bits per heavy atom. The van der Waals surface area contributed by atoms with Gasteiger partial charge in [0.05, 0.1) is 0 Å². The zero-order valence-corrected chi connectivity index (χ0v) is 8.63. The van der Waals surface area contributed by atoms with Crippen molar-refractivity contribution >= 4 is 5.78 Å². The lowest BCUT2D eigenvalue weighted by atomic mass is 9.71. The first-order chi connectivity index (χ1) is 5.52. The van der Waals surface area contributed by atoms with Gasteiger partial charge in [0.25, 0.3) is 0 Å². The highest BCUT2D eigenvalue weighted by Gasteiger charge is 2.32. The van der Waals surface area contributed by atoms with E-state index in [-0.39, 0.29) is 0 Å². The van der Waals surface area contributed by atoms with E-state index in [1.165, 1.54) is 6.42 Å². The van der Waals surface area contributed by atoms with Gasteiger partial charge in [0.15, 0.2) is 0 Å². The quantitative estimate of drug-likeness (QED) is 0.588. The molecule has 0 heterocycles. The van der Waals surface area contributed by atoms with E-state index in [2.05, 4.69) is 27.7 Å². The predicted molar refractivity (Wildman–Crippen MR) is 50.9 cm³/mol. The van der Waals surface area contributed by atoms with E-state index in [0.717, 1.165) is 6.42 Å². The summed E-state index contributed by atoms with van der Waals surface area (Å²) < 4.78 is 0. The first-order valence-corrected chi connectivity index (χ1v) is 5.05. The monoisotopic (exact) mass is 168 g/mol. The van der Waals surface area contributed by atoms with Crippen LogP contribution in [0.25, 0.3) is 0 Å². The zero-order chi connectivity index (χ0) is 9.30. The van der Waals surface area contributed by atoms with Gasteiger partial charge in [-0.1, -0.05) is 27.7 Å². The topological polar surface area (TPSA) is 17.1 Å². The second kappa shape index (κ2) is 3.59. The lowest BCUT2D eigenvalue weighted by Crippen LogP contribution is -2.31. The molecule has 0 aromatic heterocycles. The highest BCUT2D eigenvalue weighted by molar-refractivity contribution is 5.81. The molecule has 70 valence electrons. The molecule has 0 aromatic carbocycles. The molecule has 0 bridgehead atoms. The third-order valence-corrected chi connectivity index (χ3v) is 3.44. The summed E-state index contributed by atoms with van der Waals surface area (Å²) in [4.78, 5) is 11.5. The van der Waals surface area contributed by atoms with E-state index in [9.17, 15) is 4.79 Å². The van der Waals surface area contributed by atoms with Crippen LogP contribution in [0, 0.1) is 23.7 Å². The summed E-state index contributed by atoms with van der Waals surface area (Å²) in [7, 11) is 0. The molecular weight excluding hydrogens is 148 g/mol. The van der Waals surface area contributed by atoms with Crippen LogP contribution in [-0.4, -0.2) is 5.78 Å². The van der Waals surface area contributed by atoms with Crippen LogP contribution in [-0.2, 0) is 4.79 Å². The standard InChI is InChI=1S/C11H20O/c1-7(2)10-5-8(3)9(4)11(12)6-10/h7-10H,5-6H2,1-4H3/t8-,9?,10?/m0/s1. The van der Waals surface area contributed by atoms with E-state index >= 15 is 0 Å². The van der Waals surface area contributed by atoms with Gasteiger partial charge in [0.1, 0.15) is 5.78 Å². The zero-order valence-electron chi connectivity index (χ0n) is 8.63. The molecule has 0 aliphatic heterocycles. The van der Waals surface area contributed by atoms with Gasteiger partial charge in [-0.05, 0) is 24.2 Å². The molecule has 3 atom stereocenters. The number of hydrogen-bond acceptors (Lipinski definition) is 1. The Kier molecular flexibility index (Phi) is 2.92. The lowest BCUT2D eigenvalue weighted by molar-refractivity contribution is -0.128. The van der Waals surface area contributed by atoms with Crippen LogP contribution in [0.5, 0.6) is 0 Å². The van der Waals surface area contributed by atoms with Crippen molar-refractivity contribution < 1.29 is 4.79 Å². The molecule has 1 rings (SSSR count). The molecule has 0 saturated heterocycles. The average molecular weight is 168 g/mol. The third kappa shape index (κ3) is 1.88. The fourth-order valence-corrected chi connectivity index (χ4v) is 2.03. The van der Waals surface area contributed by atoms with Gasteiger partial charge in [-0.15, -0.1) is 0 Å². The lowest BCUT2D eigenvalue weighted by Gasteiger charge is -2.33. The maximum Gasteiger partial charge on any atom is 0.136 e. The van der Waals surface area contributed by atoms with Crippen molar-refractivity contribution in [1.82, 2.24) is 0 Å². The SMILES string of the molecule is CC(C)C1CC(=O)C(C)[C@@H](C)C1. The Labute approximate surface area is 75.5 Å². The normalized spacial score (nSPS) is 37.4. The molecule has 1 heteroatoms. The summed E-state index contributed by atoms with van der Waals surface area (Å²) in [5.74, 6) is 2.69. The van der Waals surface area contributed by atoms with Gasteiger partial charge in [0, 0.05) is 12.3 Å². The second-order valence-electron chi connectivity index (χ2n) is 4.68. The molecule has 1 fully saturated rings. The Balaban J connectivity index is 2.59. The fourth-order valence-electron chi connectivity index (χ4n) is 2.03.